The van der Waals surface area contributed by atoms with Crippen molar-refractivity contribution in [2.75, 3.05) is 5.32 Å². The van der Waals surface area contributed by atoms with E-state index in [4.69, 9.17) is 5.26 Å². The number of hydrogen-bond acceptors (Lipinski definition) is 3. The van der Waals surface area contributed by atoms with Crippen LogP contribution in [0.15, 0.2) is 29.3 Å². The molecule has 58 valence electrons. The van der Waals surface area contributed by atoms with E-state index in [0.717, 1.165) is 11.3 Å². The summed E-state index contributed by atoms with van der Waals surface area (Å²) in [6.07, 6.45) is 1.57. The van der Waals surface area contributed by atoms with Gasteiger partial charge < -0.3 is 5.32 Å². The number of aliphatic imine (C=N–C) groups is 1. The predicted octanol–water partition coefficient (Wildman–Crippen LogP) is 1.71. The van der Waals surface area contributed by atoms with Crippen molar-refractivity contribution in [1.82, 2.24) is 0 Å². The van der Waals surface area contributed by atoms with Gasteiger partial charge in [0.2, 0.25) is 0 Å². The normalized spacial score (nSPS) is 19.1. The van der Waals surface area contributed by atoms with Gasteiger partial charge in [-0.3, -0.25) is 4.99 Å². The molecule has 1 unspecified atom stereocenters. The second-order valence-electron chi connectivity index (χ2n) is 2.54. The Bertz CT molecular complexity index is 362. The Morgan fingerprint density at radius 3 is 3.08 bits per heavy atom. The van der Waals surface area contributed by atoms with E-state index in [-0.39, 0.29) is 6.04 Å². The van der Waals surface area contributed by atoms with Crippen molar-refractivity contribution in [3.8, 4) is 6.07 Å². The second kappa shape index (κ2) is 2.67. The topological polar surface area (TPSA) is 48.2 Å². The molecule has 1 aliphatic heterocycles. The Kier molecular flexibility index (Phi) is 1.52. The SMILES string of the molecule is N#CC1N=CNc2ccccc21. The minimum atomic E-state index is -0.345. The van der Waals surface area contributed by atoms with Crippen LogP contribution in [0.5, 0.6) is 0 Å². The summed E-state index contributed by atoms with van der Waals surface area (Å²) in [4.78, 5) is 3.99. The van der Waals surface area contributed by atoms with Crippen molar-refractivity contribution in [3.05, 3.63) is 29.8 Å². The van der Waals surface area contributed by atoms with Crippen LogP contribution in [0.3, 0.4) is 0 Å². The summed E-state index contributed by atoms with van der Waals surface area (Å²) in [5, 5.41) is 11.7. The molecule has 3 heteroatoms. The Morgan fingerprint density at radius 1 is 1.42 bits per heavy atom. The molecule has 0 aliphatic carbocycles. The molecular weight excluding hydrogens is 150 g/mol. The molecule has 1 atom stereocenters. The van der Waals surface area contributed by atoms with Crippen molar-refractivity contribution in [2.45, 2.75) is 6.04 Å². The first-order chi connectivity index (χ1) is 5.92. The van der Waals surface area contributed by atoms with Gasteiger partial charge in [-0.25, -0.2) is 0 Å². The largest absolute Gasteiger partial charge is 0.346 e. The lowest BCUT2D eigenvalue weighted by atomic mass is 10.1. The lowest BCUT2D eigenvalue weighted by Crippen LogP contribution is -2.08. The number of hydrogen-bond donors (Lipinski definition) is 1. The average Bonchev–Trinajstić information content (AvgIpc) is 2.17. The molecule has 3 nitrogen and oxygen atoms in total. The summed E-state index contributed by atoms with van der Waals surface area (Å²) in [5.41, 5.74) is 1.92. The van der Waals surface area contributed by atoms with E-state index < -0.39 is 0 Å². The number of anilines is 1. The summed E-state index contributed by atoms with van der Waals surface area (Å²) in [6, 6.07) is 9.46. The van der Waals surface area contributed by atoms with Crippen LogP contribution in [0.25, 0.3) is 0 Å². The van der Waals surface area contributed by atoms with Gasteiger partial charge in [-0.05, 0) is 6.07 Å². The summed E-state index contributed by atoms with van der Waals surface area (Å²) in [7, 11) is 0. The van der Waals surface area contributed by atoms with Crippen LogP contribution in [0.1, 0.15) is 11.6 Å². The van der Waals surface area contributed by atoms with Crippen LogP contribution >= 0.6 is 0 Å². The standard InChI is InChI=1S/C9H7N3/c10-5-9-7-3-1-2-4-8(7)11-6-12-9/h1-4,6,9H,(H,11,12). The van der Waals surface area contributed by atoms with E-state index in [9.17, 15) is 0 Å². The van der Waals surface area contributed by atoms with Crippen LogP contribution in [0, 0.1) is 11.3 Å². The fraction of sp³-hybridized carbons (Fsp3) is 0.111. The number of para-hydroxylation sites is 1. The number of benzene rings is 1. The smallest absolute Gasteiger partial charge is 0.165 e. The first-order valence-corrected chi connectivity index (χ1v) is 3.68. The minimum Gasteiger partial charge on any atom is -0.346 e. The van der Waals surface area contributed by atoms with Crippen LogP contribution in [0.2, 0.25) is 0 Å². The van der Waals surface area contributed by atoms with Crippen molar-refractivity contribution < 1.29 is 0 Å². The summed E-state index contributed by atoms with van der Waals surface area (Å²) < 4.78 is 0. The van der Waals surface area contributed by atoms with Gasteiger partial charge in [-0.2, -0.15) is 5.26 Å². The van der Waals surface area contributed by atoms with Crippen LogP contribution in [0.4, 0.5) is 5.69 Å². The predicted molar refractivity (Wildman–Crippen MR) is 46.9 cm³/mol. The zero-order chi connectivity index (χ0) is 8.39. The molecule has 0 fully saturated rings. The highest BCUT2D eigenvalue weighted by atomic mass is 15.0. The van der Waals surface area contributed by atoms with Gasteiger partial charge >= 0.3 is 0 Å². The molecule has 0 saturated heterocycles. The summed E-state index contributed by atoms with van der Waals surface area (Å²) in [6.45, 7) is 0. The Morgan fingerprint density at radius 2 is 2.25 bits per heavy atom. The number of nitrogens with one attached hydrogen (secondary N) is 1. The van der Waals surface area contributed by atoms with Crippen molar-refractivity contribution in [2.24, 2.45) is 4.99 Å². The molecule has 0 amide bonds. The molecule has 0 radical (unpaired) electrons. The Hall–Kier alpha value is -1.82. The molecular formula is C9H7N3. The zero-order valence-electron chi connectivity index (χ0n) is 6.36. The third-order valence-electron chi connectivity index (χ3n) is 1.82. The lowest BCUT2D eigenvalue weighted by Gasteiger charge is -2.14. The molecule has 1 aromatic rings. The van der Waals surface area contributed by atoms with Gasteiger partial charge in [0.05, 0.1) is 12.4 Å². The highest BCUT2D eigenvalue weighted by Gasteiger charge is 2.14. The highest BCUT2D eigenvalue weighted by Crippen LogP contribution is 2.26. The van der Waals surface area contributed by atoms with E-state index >= 15 is 0 Å². The first kappa shape index (κ1) is 6.86. The number of nitrogens with zero attached hydrogens (tertiary/aromatic N) is 2. The summed E-state index contributed by atoms with van der Waals surface area (Å²) in [5.74, 6) is 0. The van der Waals surface area contributed by atoms with E-state index in [2.05, 4.69) is 16.4 Å². The maximum absolute atomic E-state index is 8.75. The van der Waals surface area contributed by atoms with E-state index in [1.54, 1.807) is 6.34 Å². The van der Waals surface area contributed by atoms with Gasteiger partial charge in [-0.1, -0.05) is 18.2 Å². The number of fused-ring (bicyclic) bond motifs is 1. The maximum atomic E-state index is 8.75. The molecule has 12 heavy (non-hydrogen) atoms. The number of rotatable bonds is 0. The zero-order valence-corrected chi connectivity index (χ0v) is 6.36. The average molecular weight is 157 g/mol. The van der Waals surface area contributed by atoms with E-state index in [1.807, 2.05) is 24.3 Å². The Balaban J connectivity index is 2.51. The van der Waals surface area contributed by atoms with Crippen LogP contribution < -0.4 is 5.32 Å². The Labute approximate surface area is 70.4 Å². The van der Waals surface area contributed by atoms with Gasteiger partial charge in [0.15, 0.2) is 6.04 Å². The van der Waals surface area contributed by atoms with Gasteiger partial charge in [0.25, 0.3) is 0 Å². The first-order valence-electron chi connectivity index (χ1n) is 3.68. The maximum Gasteiger partial charge on any atom is 0.165 e. The molecule has 1 N–H and O–H groups in total. The molecule has 0 aromatic heterocycles. The quantitative estimate of drug-likeness (QED) is 0.623. The van der Waals surface area contributed by atoms with Crippen molar-refractivity contribution in [1.29, 1.82) is 5.26 Å². The van der Waals surface area contributed by atoms with Crippen molar-refractivity contribution >= 4 is 12.0 Å². The molecule has 1 aromatic carbocycles. The second-order valence-corrected chi connectivity index (χ2v) is 2.54. The molecule has 0 spiro atoms. The highest BCUT2D eigenvalue weighted by molar-refractivity contribution is 5.80. The van der Waals surface area contributed by atoms with E-state index in [0.29, 0.717) is 0 Å². The summed E-state index contributed by atoms with van der Waals surface area (Å²) >= 11 is 0. The van der Waals surface area contributed by atoms with Crippen LogP contribution in [-0.4, -0.2) is 6.34 Å². The third kappa shape index (κ3) is 0.940. The van der Waals surface area contributed by atoms with Crippen molar-refractivity contribution in [3.63, 3.8) is 0 Å². The number of nitriles is 1. The van der Waals surface area contributed by atoms with E-state index in [1.165, 1.54) is 0 Å². The monoisotopic (exact) mass is 157 g/mol. The van der Waals surface area contributed by atoms with Gasteiger partial charge in [0.1, 0.15) is 0 Å². The molecule has 0 saturated carbocycles. The molecule has 0 bridgehead atoms. The van der Waals surface area contributed by atoms with Crippen LogP contribution in [-0.2, 0) is 0 Å². The van der Waals surface area contributed by atoms with Gasteiger partial charge in [0, 0.05) is 11.3 Å². The fourth-order valence-corrected chi connectivity index (χ4v) is 1.23. The minimum absolute atomic E-state index is 0.345. The molecule has 1 aliphatic rings. The lowest BCUT2D eigenvalue weighted by molar-refractivity contribution is 0.923. The van der Waals surface area contributed by atoms with Gasteiger partial charge in [-0.15, -0.1) is 0 Å². The molecule has 1 heterocycles. The molecule has 2 rings (SSSR count). The fourth-order valence-electron chi connectivity index (χ4n) is 1.23. The third-order valence-corrected chi connectivity index (χ3v) is 1.82.